The van der Waals surface area contributed by atoms with E-state index in [1.54, 1.807) is 0 Å². The minimum Gasteiger partial charge on any atom is -0.477 e. The monoisotopic (exact) mass is 745 g/mol. The standard InChI is InChI=1S/C45H77NO7/c1-6-8-10-12-14-16-18-20-21-22-24-25-27-29-31-33-35-43(47)52-40-41(39-51-38-37-42(45(49)50)46(3,4)5)53-44(48)36-34-32-30-28-26-23-19-17-15-13-11-9-7-2/h9,11,15-18,21-23,26,41-42H,6-8,10,12-14,19-20,24-25,27-40H2,1-5H3/p+1/b11-9-,17-15-,18-16-,22-21-,26-23-. The van der Waals surface area contributed by atoms with Crippen molar-refractivity contribution in [2.24, 2.45) is 0 Å². The Morgan fingerprint density at radius 2 is 1.06 bits per heavy atom. The minimum atomic E-state index is -0.885. The highest BCUT2D eigenvalue weighted by Crippen LogP contribution is 2.12. The molecular formula is C45H78NO7+. The normalized spacial score (nSPS) is 13.6. The van der Waals surface area contributed by atoms with Crippen molar-refractivity contribution in [1.82, 2.24) is 0 Å². The molecular weight excluding hydrogens is 666 g/mol. The molecule has 0 spiro atoms. The van der Waals surface area contributed by atoms with Gasteiger partial charge in [-0.3, -0.25) is 9.59 Å². The lowest BCUT2D eigenvalue weighted by molar-refractivity contribution is -0.887. The van der Waals surface area contributed by atoms with Gasteiger partial charge in [-0.1, -0.05) is 120 Å². The second kappa shape index (κ2) is 36.0. The lowest BCUT2D eigenvalue weighted by atomic mass is 10.1. The predicted octanol–water partition coefficient (Wildman–Crippen LogP) is 11.0. The molecule has 0 heterocycles. The number of allylic oxidation sites excluding steroid dienone is 10. The van der Waals surface area contributed by atoms with E-state index in [9.17, 15) is 19.5 Å². The molecule has 53 heavy (non-hydrogen) atoms. The largest absolute Gasteiger partial charge is 0.477 e. The van der Waals surface area contributed by atoms with E-state index in [4.69, 9.17) is 14.2 Å². The van der Waals surface area contributed by atoms with E-state index in [1.165, 1.54) is 32.1 Å². The Morgan fingerprint density at radius 3 is 1.58 bits per heavy atom. The molecule has 0 aromatic heterocycles. The summed E-state index contributed by atoms with van der Waals surface area (Å²) in [6.07, 6.45) is 42.6. The van der Waals surface area contributed by atoms with Crippen molar-refractivity contribution in [2.45, 2.75) is 167 Å². The molecule has 8 heteroatoms. The number of likely N-dealkylation sites (N-methyl/N-ethyl adjacent to an activating group) is 1. The van der Waals surface area contributed by atoms with Gasteiger partial charge in [0.1, 0.15) is 6.61 Å². The maximum atomic E-state index is 12.7. The summed E-state index contributed by atoms with van der Waals surface area (Å²) < 4.78 is 17.2. The topological polar surface area (TPSA) is 99.1 Å². The van der Waals surface area contributed by atoms with E-state index in [0.29, 0.717) is 12.8 Å². The smallest absolute Gasteiger partial charge is 0.362 e. The molecule has 0 aromatic rings. The predicted molar refractivity (Wildman–Crippen MR) is 220 cm³/mol. The van der Waals surface area contributed by atoms with E-state index < -0.39 is 18.1 Å². The fourth-order valence-electron chi connectivity index (χ4n) is 5.66. The highest BCUT2D eigenvalue weighted by atomic mass is 16.6. The molecule has 1 N–H and O–H groups in total. The van der Waals surface area contributed by atoms with Crippen LogP contribution >= 0.6 is 0 Å². The van der Waals surface area contributed by atoms with Crippen molar-refractivity contribution < 1.29 is 38.2 Å². The Balaban J connectivity index is 4.45. The summed E-state index contributed by atoms with van der Waals surface area (Å²) in [6, 6.07) is -0.623. The molecule has 0 aromatic carbocycles. The first-order valence-electron chi connectivity index (χ1n) is 20.8. The van der Waals surface area contributed by atoms with Gasteiger partial charge in [0.2, 0.25) is 0 Å². The first kappa shape index (κ1) is 50.0. The molecule has 2 atom stereocenters. The van der Waals surface area contributed by atoms with Crippen LogP contribution in [0.15, 0.2) is 60.8 Å². The summed E-state index contributed by atoms with van der Waals surface area (Å²) in [5, 5.41) is 9.60. The van der Waals surface area contributed by atoms with Gasteiger partial charge in [0, 0.05) is 19.3 Å². The number of aliphatic carboxylic acids is 1. The van der Waals surface area contributed by atoms with Gasteiger partial charge < -0.3 is 23.8 Å². The molecule has 0 radical (unpaired) electrons. The molecule has 0 saturated carbocycles. The van der Waals surface area contributed by atoms with Gasteiger partial charge in [0.15, 0.2) is 12.1 Å². The zero-order valence-corrected chi connectivity index (χ0v) is 34.4. The van der Waals surface area contributed by atoms with Crippen molar-refractivity contribution in [2.75, 3.05) is 41.0 Å². The molecule has 8 nitrogen and oxygen atoms in total. The molecule has 0 aliphatic rings. The molecule has 0 amide bonds. The number of carboxylic acids is 1. The molecule has 0 rings (SSSR count). The highest BCUT2D eigenvalue weighted by Gasteiger charge is 2.31. The third-order valence-corrected chi connectivity index (χ3v) is 8.90. The number of unbranched alkanes of at least 4 members (excludes halogenated alkanes) is 12. The van der Waals surface area contributed by atoms with Gasteiger partial charge in [0.05, 0.1) is 34.4 Å². The zero-order chi connectivity index (χ0) is 39.3. The van der Waals surface area contributed by atoms with Gasteiger partial charge in [0.25, 0.3) is 0 Å². The Labute approximate surface area is 324 Å². The Hall–Kier alpha value is -2.97. The van der Waals surface area contributed by atoms with Crippen LogP contribution in [0, 0.1) is 0 Å². The van der Waals surface area contributed by atoms with Crippen molar-refractivity contribution in [1.29, 1.82) is 0 Å². The molecule has 0 aliphatic carbocycles. The van der Waals surface area contributed by atoms with Gasteiger partial charge in [-0.25, -0.2) is 4.79 Å². The fraction of sp³-hybridized carbons (Fsp3) is 0.711. The van der Waals surface area contributed by atoms with Crippen LogP contribution in [-0.4, -0.2) is 80.6 Å². The number of ether oxygens (including phenoxy) is 3. The summed E-state index contributed by atoms with van der Waals surface area (Å²) in [5.41, 5.74) is 0. The number of hydrogen-bond acceptors (Lipinski definition) is 6. The van der Waals surface area contributed by atoms with Gasteiger partial charge >= 0.3 is 17.9 Å². The lowest BCUT2D eigenvalue weighted by Gasteiger charge is -2.31. The van der Waals surface area contributed by atoms with Crippen molar-refractivity contribution in [3.63, 3.8) is 0 Å². The van der Waals surface area contributed by atoms with Crippen molar-refractivity contribution in [3.8, 4) is 0 Å². The highest BCUT2D eigenvalue weighted by molar-refractivity contribution is 5.72. The molecule has 0 saturated heterocycles. The van der Waals surface area contributed by atoms with Crippen molar-refractivity contribution in [3.05, 3.63) is 60.8 Å². The molecule has 304 valence electrons. The Bertz CT molecular complexity index is 1050. The summed E-state index contributed by atoms with van der Waals surface area (Å²) >= 11 is 0. The van der Waals surface area contributed by atoms with E-state index in [2.05, 4.69) is 74.6 Å². The van der Waals surface area contributed by atoms with Crippen LogP contribution in [0.5, 0.6) is 0 Å². The first-order chi connectivity index (χ1) is 25.6. The third-order valence-electron chi connectivity index (χ3n) is 8.90. The summed E-state index contributed by atoms with van der Waals surface area (Å²) in [6.45, 7) is 4.54. The van der Waals surface area contributed by atoms with Crippen LogP contribution in [-0.2, 0) is 28.6 Å². The summed E-state index contributed by atoms with van der Waals surface area (Å²) in [7, 11) is 5.50. The molecule has 0 aliphatic heterocycles. The van der Waals surface area contributed by atoms with Gasteiger partial charge in [-0.2, -0.15) is 0 Å². The molecule has 0 fully saturated rings. The maximum Gasteiger partial charge on any atom is 0.362 e. The zero-order valence-electron chi connectivity index (χ0n) is 34.4. The number of carbonyl (C=O) groups is 3. The van der Waals surface area contributed by atoms with Crippen molar-refractivity contribution >= 4 is 17.9 Å². The van der Waals surface area contributed by atoms with E-state index in [1.807, 2.05) is 21.1 Å². The Morgan fingerprint density at radius 1 is 0.585 bits per heavy atom. The number of rotatable bonds is 36. The number of esters is 2. The average Bonchev–Trinajstić information content (AvgIpc) is 3.11. The number of carbonyl (C=O) groups excluding carboxylic acids is 2. The maximum absolute atomic E-state index is 12.7. The van der Waals surface area contributed by atoms with Gasteiger partial charge in [-0.15, -0.1) is 0 Å². The van der Waals surface area contributed by atoms with Crippen LogP contribution in [0.2, 0.25) is 0 Å². The SMILES string of the molecule is CC/C=C\C/C=C\C/C=C\CCCCCC(=O)OC(COCCC(C(=O)O)[N+](C)(C)C)COC(=O)CCCCCCC/C=C\C/C=C\CCCCCC. The van der Waals surface area contributed by atoms with Crippen LogP contribution in [0.1, 0.15) is 155 Å². The average molecular weight is 745 g/mol. The van der Waals surface area contributed by atoms with Crippen LogP contribution in [0.3, 0.4) is 0 Å². The van der Waals surface area contributed by atoms with Gasteiger partial charge in [-0.05, 0) is 77.0 Å². The first-order valence-corrected chi connectivity index (χ1v) is 20.8. The number of quaternary nitrogens is 1. The number of nitrogens with zero attached hydrogens (tertiary/aromatic N) is 1. The second-order valence-corrected chi connectivity index (χ2v) is 14.9. The lowest BCUT2D eigenvalue weighted by Crippen LogP contribution is -2.50. The van der Waals surface area contributed by atoms with E-state index in [-0.39, 0.29) is 42.7 Å². The minimum absolute atomic E-state index is 0.0421. The van der Waals surface area contributed by atoms with Crippen LogP contribution < -0.4 is 0 Å². The summed E-state index contributed by atoms with van der Waals surface area (Å²) in [5.74, 6) is -1.53. The number of hydrogen-bond donors (Lipinski definition) is 1. The van der Waals surface area contributed by atoms with Crippen LogP contribution in [0.25, 0.3) is 0 Å². The third kappa shape index (κ3) is 34.5. The Kier molecular flexibility index (Phi) is 34.0. The van der Waals surface area contributed by atoms with E-state index >= 15 is 0 Å². The summed E-state index contributed by atoms with van der Waals surface area (Å²) in [4.78, 5) is 36.9. The number of carboxylic acid groups (broad SMARTS) is 1. The quantitative estimate of drug-likeness (QED) is 0.0295. The van der Waals surface area contributed by atoms with E-state index in [0.717, 1.165) is 89.9 Å². The van der Waals surface area contributed by atoms with Crippen LogP contribution in [0.4, 0.5) is 0 Å². The fourth-order valence-corrected chi connectivity index (χ4v) is 5.66. The molecule has 0 bridgehead atoms. The molecule has 2 unspecified atom stereocenters. The second-order valence-electron chi connectivity index (χ2n) is 14.9.